The van der Waals surface area contributed by atoms with Gasteiger partial charge in [-0.2, -0.15) is 0 Å². The first-order valence-electron chi connectivity index (χ1n) is 7.01. The van der Waals surface area contributed by atoms with Gasteiger partial charge in [0.05, 0.1) is 12.7 Å². The molecule has 7 heteroatoms. The van der Waals surface area contributed by atoms with Crippen LogP contribution >= 0.6 is 11.3 Å². The molecule has 0 saturated carbocycles. The minimum Gasteiger partial charge on any atom is -0.465 e. The molecule has 24 heavy (non-hydrogen) atoms. The third kappa shape index (κ3) is 4.30. The number of methoxy groups -OCH3 is 1. The fraction of sp³-hybridized carbons (Fsp3) is 0.118. The zero-order chi connectivity index (χ0) is 17.5. The molecule has 6 nitrogen and oxygen atoms in total. The quantitative estimate of drug-likeness (QED) is 0.623. The highest BCUT2D eigenvalue weighted by atomic mass is 32.1. The molecule has 0 spiro atoms. The van der Waals surface area contributed by atoms with Crippen LogP contribution in [0.15, 0.2) is 48.4 Å². The maximum absolute atomic E-state index is 12.3. The lowest BCUT2D eigenvalue weighted by Gasteiger charge is -2.07. The van der Waals surface area contributed by atoms with Crippen molar-refractivity contribution in [3.8, 4) is 0 Å². The SMILES string of the molecule is C=CC(=O)NCc1ccc(C(=O)Nc2sccc2C(=O)OC)cc1. The normalized spacial score (nSPS) is 9.88. The molecule has 0 aliphatic carbocycles. The van der Waals surface area contributed by atoms with Gasteiger partial charge in [-0.05, 0) is 35.2 Å². The Morgan fingerprint density at radius 1 is 1.21 bits per heavy atom. The number of anilines is 1. The smallest absolute Gasteiger partial charge is 0.340 e. The zero-order valence-electron chi connectivity index (χ0n) is 13.0. The van der Waals surface area contributed by atoms with E-state index in [1.165, 1.54) is 24.5 Å². The predicted molar refractivity (Wildman–Crippen MR) is 92.1 cm³/mol. The minimum atomic E-state index is -0.500. The van der Waals surface area contributed by atoms with Crippen LogP contribution in [-0.2, 0) is 16.1 Å². The molecule has 0 fully saturated rings. The zero-order valence-corrected chi connectivity index (χ0v) is 13.8. The van der Waals surface area contributed by atoms with Crippen molar-refractivity contribution in [2.45, 2.75) is 6.54 Å². The van der Waals surface area contributed by atoms with Crippen molar-refractivity contribution < 1.29 is 19.1 Å². The Bertz CT molecular complexity index is 765. The molecule has 1 aromatic heterocycles. The fourth-order valence-electron chi connectivity index (χ4n) is 1.89. The van der Waals surface area contributed by atoms with Crippen LogP contribution in [0.5, 0.6) is 0 Å². The van der Waals surface area contributed by atoms with E-state index in [0.29, 0.717) is 22.7 Å². The summed E-state index contributed by atoms with van der Waals surface area (Å²) in [4.78, 5) is 35.0. The van der Waals surface area contributed by atoms with Crippen LogP contribution in [0.2, 0.25) is 0 Å². The molecule has 0 unspecified atom stereocenters. The van der Waals surface area contributed by atoms with Crippen molar-refractivity contribution in [3.63, 3.8) is 0 Å². The summed E-state index contributed by atoms with van der Waals surface area (Å²) in [6.07, 6.45) is 1.20. The third-order valence-corrected chi connectivity index (χ3v) is 4.00. The van der Waals surface area contributed by atoms with Gasteiger partial charge in [0, 0.05) is 12.1 Å². The maximum Gasteiger partial charge on any atom is 0.340 e. The van der Waals surface area contributed by atoms with Crippen LogP contribution in [0.3, 0.4) is 0 Å². The van der Waals surface area contributed by atoms with E-state index < -0.39 is 5.97 Å². The first-order chi connectivity index (χ1) is 11.5. The fourth-order valence-corrected chi connectivity index (χ4v) is 2.66. The Morgan fingerprint density at radius 2 is 1.92 bits per heavy atom. The lowest BCUT2D eigenvalue weighted by atomic mass is 10.1. The Balaban J connectivity index is 2.03. The van der Waals surface area contributed by atoms with E-state index in [9.17, 15) is 14.4 Å². The summed E-state index contributed by atoms with van der Waals surface area (Å²) in [6.45, 7) is 3.73. The Labute approximate surface area is 143 Å². The van der Waals surface area contributed by atoms with Crippen LogP contribution in [0.4, 0.5) is 5.00 Å². The average Bonchev–Trinajstić information content (AvgIpc) is 3.07. The van der Waals surface area contributed by atoms with Gasteiger partial charge in [-0.1, -0.05) is 18.7 Å². The highest BCUT2D eigenvalue weighted by Gasteiger charge is 2.16. The molecular formula is C17H16N2O4S. The van der Waals surface area contributed by atoms with Crippen LogP contribution in [0.25, 0.3) is 0 Å². The van der Waals surface area contributed by atoms with Crippen molar-refractivity contribution in [1.29, 1.82) is 0 Å². The van der Waals surface area contributed by atoms with Crippen LogP contribution < -0.4 is 10.6 Å². The summed E-state index contributed by atoms with van der Waals surface area (Å²) in [5.41, 5.74) is 1.62. The summed E-state index contributed by atoms with van der Waals surface area (Å²) in [7, 11) is 1.29. The largest absolute Gasteiger partial charge is 0.465 e. The lowest BCUT2D eigenvalue weighted by molar-refractivity contribution is -0.116. The average molecular weight is 344 g/mol. The Kier molecular flexibility index (Phi) is 5.86. The second kappa shape index (κ2) is 8.07. The van der Waals surface area contributed by atoms with Crippen molar-refractivity contribution in [2.75, 3.05) is 12.4 Å². The van der Waals surface area contributed by atoms with Gasteiger partial charge in [0.25, 0.3) is 5.91 Å². The predicted octanol–water partition coefficient (Wildman–Crippen LogP) is 2.59. The van der Waals surface area contributed by atoms with E-state index in [1.807, 2.05) is 0 Å². The first-order valence-corrected chi connectivity index (χ1v) is 7.89. The van der Waals surface area contributed by atoms with Gasteiger partial charge < -0.3 is 15.4 Å². The molecule has 2 amide bonds. The molecule has 0 radical (unpaired) electrons. The molecule has 2 aromatic rings. The summed E-state index contributed by atoms with van der Waals surface area (Å²) in [5, 5.41) is 7.49. The number of hydrogen-bond donors (Lipinski definition) is 2. The Morgan fingerprint density at radius 3 is 2.54 bits per heavy atom. The number of hydrogen-bond acceptors (Lipinski definition) is 5. The highest BCUT2D eigenvalue weighted by molar-refractivity contribution is 7.14. The van der Waals surface area contributed by atoms with E-state index in [-0.39, 0.29) is 11.8 Å². The van der Waals surface area contributed by atoms with Gasteiger partial charge in [-0.3, -0.25) is 9.59 Å². The number of benzene rings is 1. The molecule has 1 heterocycles. The number of esters is 1. The molecule has 0 bridgehead atoms. The van der Waals surface area contributed by atoms with E-state index in [2.05, 4.69) is 21.9 Å². The van der Waals surface area contributed by atoms with Gasteiger partial charge in [0.15, 0.2) is 0 Å². The van der Waals surface area contributed by atoms with E-state index in [1.54, 1.807) is 35.7 Å². The van der Waals surface area contributed by atoms with Crippen LogP contribution in [0, 0.1) is 0 Å². The number of rotatable bonds is 6. The van der Waals surface area contributed by atoms with Crippen molar-refractivity contribution in [2.24, 2.45) is 0 Å². The monoisotopic (exact) mass is 344 g/mol. The number of carbonyl (C=O) groups excluding carboxylic acids is 3. The van der Waals surface area contributed by atoms with E-state index >= 15 is 0 Å². The number of carbonyl (C=O) groups is 3. The molecule has 0 aliphatic heterocycles. The number of thiophene rings is 1. The summed E-state index contributed by atoms with van der Waals surface area (Å²) in [5.74, 6) is -1.09. The highest BCUT2D eigenvalue weighted by Crippen LogP contribution is 2.24. The van der Waals surface area contributed by atoms with Gasteiger partial charge in [0.1, 0.15) is 5.00 Å². The topological polar surface area (TPSA) is 84.5 Å². The van der Waals surface area contributed by atoms with E-state index in [4.69, 9.17) is 0 Å². The number of amides is 2. The third-order valence-electron chi connectivity index (χ3n) is 3.17. The van der Waals surface area contributed by atoms with Crippen molar-refractivity contribution in [1.82, 2.24) is 5.32 Å². The molecule has 124 valence electrons. The minimum absolute atomic E-state index is 0.259. The van der Waals surface area contributed by atoms with Gasteiger partial charge >= 0.3 is 5.97 Å². The van der Waals surface area contributed by atoms with Gasteiger partial charge in [-0.15, -0.1) is 11.3 Å². The maximum atomic E-state index is 12.3. The van der Waals surface area contributed by atoms with Gasteiger partial charge in [0.2, 0.25) is 5.91 Å². The Hall–Kier alpha value is -2.93. The molecule has 0 aliphatic rings. The lowest BCUT2D eigenvalue weighted by Crippen LogP contribution is -2.20. The van der Waals surface area contributed by atoms with Crippen LogP contribution in [-0.4, -0.2) is 24.9 Å². The number of nitrogens with one attached hydrogen (secondary N) is 2. The molecular weight excluding hydrogens is 328 g/mol. The molecule has 0 atom stereocenters. The molecule has 0 saturated heterocycles. The van der Waals surface area contributed by atoms with Gasteiger partial charge in [-0.25, -0.2) is 4.79 Å². The molecule has 2 N–H and O–H groups in total. The molecule has 2 rings (SSSR count). The summed E-state index contributed by atoms with van der Waals surface area (Å²) in [6, 6.07) is 8.38. The standard InChI is InChI=1S/C17H16N2O4S/c1-3-14(20)18-10-11-4-6-12(7-5-11)15(21)19-16-13(8-9-24-16)17(22)23-2/h3-9H,1,10H2,2H3,(H,18,20)(H,19,21). The second-order valence-electron chi connectivity index (χ2n) is 4.73. The van der Waals surface area contributed by atoms with E-state index in [0.717, 1.165) is 5.56 Å². The summed E-state index contributed by atoms with van der Waals surface area (Å²) >= 11 is 1.24. The second-order valence-corrected chi connectivity index (χ2v) is 5.64. The first kappa shape index (κ1) is 17.4. The van der Waals surface area contributed by atoms with Crippen molar-refractivity contribution in [3.05, 3.63) is 65.1 Å². The summed E-state index contributed by atoms with van der Waals surface area (Å²) < 4.78 is 4.67. The van der Waals surface area contributed by atoms with Crippen molar-refractivity contribution >= 4 is 34.1 Å². The molecule has 1 aromatic carbocycles. The number of ether oxygens (including phenoxy) is 1. The van der Waals surface area contributed by atoms with Crippen LogP contribution in [0.1, 0.15) is 26.3 Å².